The van der Waals surface area contributed by atoms with Gasteiger partial charge in [0.2, 0.25) is 5.88 Å². The van der Waals surface area contributed by atoms with Gasteiger partial charge in [-0.2, -0.15) is 5.26 Å². The van der Waals surface area contributed by atoms with E-state index in [1.54, 1.807) is 48.5 Å². The van der Waals surface area contributed by atoms with Crippen molar-refractivity contribution in [3.8, 4) is 34.8 Å². The summed E-state index contributed by atoms with van der Waals surface area (Å²) < 4.78 is 28.4. The molecule has 2 N–H and O–H groups in total. The van der Waals surface area contributed by atoms with E-state index in [-0.39, 0.29) is 30.4 Å². The Hall–Kier alpha value is -5.13. The molecule has 0 saturated heterocycles. The van der Waals surface area contributed by atoms with E-state index < -0.39 is 11.9 Å². The fourth-order valence-electron chi connectivity index (χ4n) is 4.53. The van der Waals surface area contributed by atoms with E-state index in [0.29, 0.717) is 33.6 Å². The second-order valence-corrected chi connectivity index (χ2v) is 9.90. The molecular weight excluding hydrogens is 556 g/mol. The zero-order chi connectivity index (χ0) is 29.6. The molecule has 42 heavy (non-hydrogen) atoms. The van der Waals surface area contributed by atoms with Crippen molar-refractivity contribution in [1.82, 2.24) is 0 Å². The lowest BCUT2D eigenvalue weighted by atomic mass is 9.83. The molecule has 1 aliphatic rings. The number of allylic oxidation sites excluding steroid dienone is 1. The van der Waals surface area contributed by atoms with Crippen molar-refractivity contribution in [2.75, 3.05) is 13.7 Å². The van der Waals surface area contributed by atoms with Crippen molar-refractivity contribution in [2.24, 2.45) is 5.73 Å². The van der Waals surface area contributed by atoms with Gasteiger partial charge in [0.25, 0.3) is 0 Å². The van der Waals surface area contributed by atoms with E-state index in [9.17, 15) is 10.1 Å². The molecule has 1 heterocycles. The third-order valence-electron chi connectivity index (χ3n) is 6.66. The molecule has 0 fully saturated rings. The van der Waals surface area contributed by atoms with Crippen LogP contribution in [-0.2, 0) is 11.4 Å². The average Bonchev–Trinajstić information content (AvgIpc) is 2.99. The standard InChI is InChI=1S/C33H27ClN2O6/c1-20-7-10-23(11-8-20)39-19-31(37)41-24-12-13-25-29(16-24)42-33(36)26(17-35)32(25)21-9-14-28(30(15-21)38-2)40-18-22-5-3-4-6-27(22)34/h3-16,32H,18-19,36H2,1-2H3. The minimum Gasteiger partial charge on any atom is -0.493 e. The van der Waals surface area contributed by atoms with Crippen LogP contribution in [0.1, 0.15) is 28.2 Å². The van der Waals surface area contributed by atoms with Gasteiger partial charge < -0.3 is 29.4 Å². The van der Waals surface area contributed by atoms with Crippen molar-refractivity contribution in [2.45, 2.75) is 19.4 Å². The van der Waals surface area contributed by atoms with Crippen molar-refractivity contribution in [3.63, 3.8) is 0 Å². The predicted molar refractivity (Wildman–Crippen MR) is 157 cm³/mol. The first kappa shape index (κ1) is 28.4. The highest BCUT2D eigenvalue weighted by molar-refractivity contribution is 6.31. The molecule has 0 saturated carbocycles. The van der Waals surface area contributed by atoms with Gasteiger partial charge in [-0.25, -0.2) is 4.79 Å². The summed E-state index contributed by atoms with van der Waals surface area (Å²) in [6.45, 7) is 1.95. The summed E-state index contributed by atoms with van der Waals surface area (Å²) in [4.78, 5) is 12.4. The van der Waals surface area contributed by atoms with Crippen LogP contribution in [0.4, 0.5) is 0 Å². The number of esters is 1. The Balaban J connectivity index is 1.36. The van der Waals surface area contributed by atoms with E-state index in [0.717, 1.165) is 16.7 Å². The number of nitriles is 1. The number of ether oxygens (including phenoxy) is 5. The highest BCUT2D eigenvalue weighted by atomic mass is 35.5. The van der Waals surface area contributed by atoms with Crippen molar-refractivity contribution in [1.29, 1.82) is 5.26 Å². The fraction of sp³-hybridized carbons (Fsp3) is 0.152. The van der Waals surface area contributed by atoms with Crippen molar-refractivity contribution in [3.05, 3.63) is 124 Å². The SMILES string of the molecule is COc1cc(C2C(C#N)=C(N)Oc3cc(OC(=O)COc4ccc(C)cc4)ccc32)ccc1OCc1ccccc1Cl. The molecule has 0 radical (unpaired) electrons. The summed E-state index contributed by atoms with van der Waals surface area (Å²) >= 11 is 6.26. The van der Waals surface area contributed by atoms with Gasteiger partial charge in [-0.3, -0.25) is 0 Å². The quantitative estimate of drug-likeness (QED) is 0.177. The molecule has 1 aliphatic heterocycles. The Morgan fingerprint density at radius 1 is 0.976 bits per heavy atom. The predicted octanol–water partition coefficient (Wildman–Crippen LogP) is 6.44. The highest BCUT2D eigenvalue weighted by Crippen LogP contribution is 2.45. The molecule has 4 aromatic rings. The summed E-state index contributed by atoms with van der Waals surface area (Å²) in [5.74, 6) is 0.979. The largest absolute Gasteiger partial charge is 0.493 e. The van der Waals surface area contributed by atoms with Crippen LogP contribution in [0.2, 0.25) is 5.02 Å². The van der Waals surface area contributed by atoms with Gasteiger partial charge in [0.1, 0.15) is 35.5 Å². The number of hydrogen-bond acceptors (Lipinski definition) is 8. The Bertz CT molecular complexity index is 1690. The lowest BCUT2D eigenvalue weighted by Crippen LogP contribution is -2.21. The van der Waals surface area contributed by atoms with Gasteiger partial charge in [-0.1, -0.05) is 59.6 Å². The van der Waals surface area contributed by atoms with E-state index in [1.807, 2.05) is 43.3 Å². The molecule has 1 unspecified atom stereocenters. The lowest BCUT2D eigenvalue weighted by molar-refractivity contribution is -0.136. The maximum absolute atomic E-state index is 12.4. The highest BCUT2D eigenvalue weighted by Gasteiger charge is 2.32. The number of carbonyl (C=O) groups is 1. The molecule has 0 bridgehead atoms. The lowest BCUT2D eigenvalue weighted by Gasteiger charge is -2.27. The maximum Gasteiger partial charge on any atom is 0.349 e. The van der Waals surface area contributed by atoms with E-state index in [2.05, 4.69) is 6.07 Å². The zero-order valence-corrected chi connectivity index (χ0v) is 23.7. The minimum atomic E-state index is -0.582. The smallest absolute Gasteiger partial charge is 0.349 e. The summed E-state index contributed by atoms with van der Waals surface area (Å²) in [5, 5.41) is 10.6. The second-order valence-electron chi connectivity index (χ2n) is 9.49. The molecule has 4 aromatic carbocycles. The topological polar surface area (TPSA) is 113 Å². The Labute approximate surface area is 248 Å². The van der Waals surface area contributed by atoms with Gasteiger partial charge in [0, 0.05) is 22.2 Å². The third-order valence-corrected chi connectivity index (χ3v) is 7.03. The normalized spacial score (nSPS) is 13.8. The van der Waals surface area contributed by atoms with Crippen LogP contribution in [0.25, 0.3) is 0 Å². The van der Waals surface area contributed by atoms with Crippen molar-refractivity contribution < 1.29 is 28.5 Å². The van der Waals surface area contributed by atoms with E-state index >= 15 is 0 Å². The molecule has 0 aromatic heterocycles. The van der Waals surface area contributed by atoms with Gasteiger partial charge in [0.05, 0.1) is 13.0 Å². The number of aryl methyl sites for hydroxylation is 1. The molecule has 0 aliphatic carbocycles. The van der Waals surface area contributed by atoms with E-state index in [1.165, 1.54) is 7.11 Å². The van der Waals surface area contributed by atoms with Crippen LogP contribution in [0.5, 0.6) is 28.7 Å². The number of carbonyl (C=O) groups excluding carboxylic acids is 1. The Morgan fingerprint density at radius 3 is 2.48 bits per heavy atom. The van der Waals surface area contributed by atoms with Crippen LogP contribution in [-0.4, -0.2) is 19.7 Å². The van der Waals surface area contributed by atoms with Gasteiger partial charge in [0.15, 0.2) is 18.1 Å². The number of nitrogens with zero attached hydrogens (tertiary/aromatic N) is 1. The Kier molecular flexibility index (Phi) is 8.51. The molecular formula is C33H27ClN2O6. The van der Waals surface area contributed by atoms with Crippen LogP contribution < -0.4 is 29.4 Å². The zero-order valence-electron chi connectivity index (χ0n) is 22.9. The number of rotatable bonds is 9. The number of benzene rings is 4. The van der Waals surface area contributed by atoms with Crippen LogP contribution >= 0.6 is 11.6 Å². The van der Waals surface area contributed by atoms with Crippen LogP contribution in [0.15, 0.2) is 96.4 Å². The Morgan fingerprint density at radius 2 is 1.74 bits per heavy atom. The summed E-state index contributed by atoms with van der Waals surface area (Å²) in [5.41, 5.74) is 9.74. The third kappa shape index (κ3) is 6.27. The number of halogens is 1. The first-order chi connectivity index (χ1) is 20.4. The molecule has 0 spiro atoms. The number of methoxy groups -OCH3 is 1. The van der Waals surface area contributed by atoms with E-state index in [4.69, 9.17) is 41.0 Å². The molecule has 212 valence electrons. The maximum atomic E-state index is 12.4. The van der Waals surface area contributed by atoms with Crippen molar-refractivity contribution >= 4 is 17.6 Å². The first-order valence-corrected chi connectivity index (χ1v) is 13.4. The summed E-state index contributed by atoms with van der Waals surface area (Å²) in [6.07, 6.45) is 0. The van der Waals surface area contributed by atoms with Crippen LogP contribution in [0.3, 0.4) is 0 Å². The number of nitrogens with two attached hydrogens (primary N) is 1. The summed E-state index contributed by atoms with van der Waals surface area (Å²) in [6, 6.07) is 27.3. The van der Waals surface area contributed by atoms with Gasteiger partial charge in [-0.15, -0.1) is 0 Å². The molecule has 1 atom stereocenters. The molecule has 8 nitrogen and oxygen atoms in total. The minimum absolute atomic E-state index is 0.0424. The molecule has 9 heteroatoms. The monoisotopic (exact) mass is 582 g/mol. The van der Waals surface area contributed by atoms with Crippen LogP contribution in [0, 0.1) is 18.3 Å². The van der Waals surface area contributed by atoms with Gasteiger partial charge in [-0.05, 0) is 48.9 Å². The number of hydrogen-bond donors (Lipinski definition) is 1. The summed E-state index contributed by atoms with van der Waals surface area (Å²) in [7, 11) is 1.54. The molecule has 0 amide bonds. The number of fused-ring (bicyclic) bond motifs is 1. The molecule has 5 rings (SSSR count). The fourth-order valence-corrected chi connectivity index (χ4v) is 4.72. The average molecular weight is 583 g/mol. The second kappa shape index (κ2) is 12.6. The van der Waals surface area contributed by atoms with Gasteiger partial charge >= 0.3 is 5.97 Å². The first-order valence-electron chi connectivity index (χ1n) is 13.0.